The third-order valence-corrected chi connectivity index (χ3v) is 3.03. The first-order chi connectivity index (χ1) is 7.28. The Labute approximate surface area is 99.6 Å². The lowest BCUT2D eigenvalue weighted by Gasteiger charge is -2.37. The van der Waals surface area contributed by atoms with Crippen LogP contribution in [0.2, 0.25) is 0 Å². The van der Waals surface area contributed by atoms with Crippen LogP contribution in [-0.2, 0) is 4.79 Å². The number of nitrogens with zero attached hydrogens (tertiary/aromatic N) is 1. The molecule has 1 N–H and O–H groups in total. The largest absolute Gasteiger partial charge is 0.341 e. The second-order valence-corrected chi connectivity index (χ2v) is 6.40. The number of nitrogens with one attached hydrogen (secondary N) is 1. The lowest BCUT2D eigenvalue weighted by molar-refractivity contribution is -0.131. The van der Waals surface area contributed by atoms with Crippen molar-refractivity contribution in [1.29, 1.82) is 0 Å². The molecule has 0 radical (unpaired) electrons. The number of rotatable bonds is 2. The van der Waals surface area contributed by atoms with E-state index in [4.69, 9.17) is 0 Å². The maximum Gasteiger partial charge on any atom is 0.219 e. The lowest BCUT2D eigenvalue weighted by Crippen LogP contribution is -2.51. The van der Waals surface area contributed by atoms with Gasteiger partial charge in [0.1, 0.15) is 0 Å². The molecule has 1 heterocycles. The van der Waals surface area contributed by atoms with Crippen LogP contribution < -0.4 is 5.32 Å². The normalized spacial score (nSPS) is 26.9. The number of carbonyl (C=O) groups is 1. The van der Waals surface area contributed by atoms with Crippen molar-refractivity contribution >= 4 is 5.91 Å². The summed E-state index contributed by atoms with van der Waals surface area (Å²) in [6.07, 6.45) is 1.18. The number of hydrogen-bond acceptors (Lipinski definition) is 2. The molecule has 0 bridgehead atoms. The van der Waals surface area contributed by atoms with Crippen LogP contribution in [0.25, 0.3) is 0 Å². The van der Waals surface area contributed by atoms with E-state index < -0.39 is 0 Å². The molecule has 0 aromatic rings. The van der Waals surface area contributed by atoms with Gasteiger partial charge in [0, 0.05) is 32.6 Å². The van der Waals surface area contributed by atoms with Gasteiger partial charge in [-0.05, 0) is 17.8 Å². The molecule has 3 nitrogen and oxygen atoms in total. The molecule has 0 aliphatic carbocycles. The highest BCUT2D eigenvalue weighted by atomic mass is 16.2. The van der Waals surface area contributed by atoms with Crippen LogP contribution in [0.5, 0.6) is 0 Å². The summed E-state index contributed by atoms with van der Waals surface area (Å²) in [5.41, 5.74) is 0.307. The molecule has 1 aliphatic heterocycles. The van der Waals surface area contributed by atoms with Gasteiger partial charge in [0.2, 0.25) is 5.91 Å². The van der Waals surface area contributed by atoms with Crippen LogP contribution in [-0.4, -0.2) is 36.5 Å². The zero-order chi connectivity index (χ0) is 12.3. The van der Waals surface area contributed by atoms with Gasteiger partial charge in [-0.2, -0.15) is 0 Å². The summed E-state index contributed by atoms with van der Waals surface area (Å²) in [6.45, 7) is 13.4. The lowest BCUT2D eigenvalue weighted by atomic mass is 9.93. The van der Waals surface area contributed by atoms with Crippen LogP contribution in [0.4, 0.5) is 0 Å². The summed E-state index contributed by atoms with van der Waals surface area (Å²) in [5, 5.41) is 3.58. The van der Waals surface area contributed by atoms with E-state index in [2.05, 4.69) is 33.0 Å². The monoisotopic (exact) mass is 226 g/mol. The van der Waals surface area contributed by atoms with E-state index >= 15 is 0 Å². The Hall–Kier alpha value is -0.570. The first kappa shape index (κ1) is 13.5. The Balaban J connectivity index is 2.45. The number of carbonyl (C=O) groups excluding carboxylic acids is 1. The molecule has 1 amide bonds. The molecule has 2 atom stereocenters. The van der Waals surface area contributed by atoms with Crippen molar-refractivity contribution in [1.82, 2.24) is 10.2 Å². The molecule has 1 aliphatic rings. The fourth-order valence-electron chi connectivity index (χ4n) is 2.21. The zero-order valence-corrected chi connectivity index (χ0v) is 11.3. The molecular formula is C13H26N2O. The molecular weight excluding hydrogens is 200 g/mol. The predicted octanol–water partition coefficient (Wildman–Crippen LogP) is 1.88. The van der Waals surface area contributed by atoms with Gasteiger partial charge >= 0.3 is 0 Å². The minimum Gasteiger partial charge on any atom is -0.341 e. The Morgan fingerprint density at radius 1 is 1.38 bits per heavy atom. The van der Waals surface area contributed by atoms with Gasteiger partial charge < -0.3 is 10.2 Å². The van der Waals surface area contributed by atoms with Crippen molar-refractivity contribution < 1.29 is 4.79 Å². The second-order valence-electron chi connectivity index (χ2n) is 6.40. The van der Waals surface area contributed by atoms with Gasteiger partial charge in [-0.3, -0.25) is 4.79 Å². The third-order valence-electron chi connectivity index (χ3n) is 3.03. The van der Waals surface area contributed by atoms with Gasteiger partial charge in [-0.25, -0.2) is 0 Å². The highest BCUT2D eigenvalue weighted by molar-refractivity contribution is 5.73. The maximum absolute atomic E-state index is 11.4. The summed E-state index contributed by atoms with van der Waals surface area (Å²) in [5.74, 6) is 0.809. The minimum atomic E-state index is 0.203. The first-order valence-corrected chi connectivity index (χ1v) is 6.27. The van der Waals surface area contributed by atoms with E-state index in [1.54, 1.807) is 6.92 Å². The minimum absolute atomic E-state index is 0.203. The number of likely N-dealkylation sites (tertiary alicyclic amines) is 1. The summed E-state index contributed by atoms with van der Waals surface area (Å²) >= 11 is 0. The Bertz CT molecular complexity index is 245. The van der Waals surface area contributed by atoms with Gasteiger partial charge in [0.25, 0.3) is 0 Å². The van der Waals surface area contributed by atoms with E-state index in [0.29, 0.717) is 17.4 Å². The average Bonchev–Trinajstić information content (AvgIpc) is 2.13. The molecule has 16 heavy (non-hydrogen) atoms. The molecule has 1 rings (SSSR count). The molecule has 94 valence electrons. The van der Waals surface area contributed by atoms with Crippen LogP contribution >= 0.6 is 0 Å². The van der Waals surface area contributed by atoms with Gasteiger partial charge in [-0.1, -0.05) is 27.7 Å². The van der Waals surface area contributed by atoms with E-state index in [-0.39, 0.29) is 5.91 Å². The molecule has 2 unspecified atom stereocenters. The molecule has 0 spiro atoms. The van der Waals surface area contributed by atoms with Crippen molar-refractivity contribution in [2.24, 2.45) is 11.3 Å². The van der Waals surface area contributed by atoms with Gasteiger partial charge in [-0.15, -0.1) is 0 Å². The summed E-state index contributed by atoms with van der Waals surface area (Å²) < 4.78 is 0. The van der Waals surface area contributed by atoms with E-state index in [0.717, 1.165) is 19.6 Å². The highest BCUT2D eigenvalue weighted by Crippen LogP contribution is 2.18. The predicted molar refractivity (Wildman–Crippen MR) is 67.3 cm³/mol. The quantitative estimate of drug-likeness (QED) is 0.779. The van der Waals surface area contributed by atoms with Crippen molar-refractivity contribution in [2.75, 3.05) is 19.6 Å². The van der Waals surface area contributed by atoms with E-state index in [9.17, 15) is 4.79 Å². The fourth-order valence-corrected chi connectivity index (χ4v) is 2.21. The van der Waals surface area contributed by atoms with Crippen molar-refractivity contribution in [3.8, 4) is 0 Å². The van der Waals surface area contributed by atoms with Crippen molar-refractivity contribution in [3.63, 3.8) is 0 Å². The Morgan fingerprint density at radius 2 is 2.00 bits per heavy atom. The molecule has 0 aromatic heterocycles. The Kier molecular flexibility index (Phi) is 4.36. The van der Waals surface area contributed by atoms with Crippen LogP contribution in [0, 0.1) is 11.3 Å². The smallest absolute Gasteiger partial charge is 0.219 e. The maximum atomic E-state index is 11.4. The van der Waals surface area contributed by atoms with Crippen LogP contribution in [0.1, 0.15) is 41.0 Å². The molecule has 0 saturated carbocycles. The average molecular weight is 226 g/mol. The van der Waals surface area contributed by atoms with E-state index in [1.165, 1.54) is 6.42 Å². The summed E-state index contributed by atoms with van der Waals surface area (Å²) in [4.78, 5) is 13.4. The van der Waals surface area contributed by atoms with Crippen LogP contribution in [0.3, 0.4) is 0 Å². The fraction of sp³-hybridized carbons (Fsp3) is 0.923. The second kappa shape index (κ2) is 5.17. The number of amides is 1. The SMILES string of the molecule is CC(=O)N1CC(C)CC(NCC(C)(C)C)C1. The van der Waals surface area contributed by atoms with Gasteiger partial charge in [0.15, 0.2) is 0 Å². The number of hydrogen-bond donors (Lipinski definition) is 1. The topological polar surface area (TPSA) is 32.3 Å². The van der Waals surface area contributed by atoms with Crippen LogP contribution in [0.15, 0.2) is 0 Å². The molecule has 0 aromatic carbocycles. The van der Waals surface area contributed by atoms with Crippen molar-refractivity contribution in [2.45, 2.75) is 47.1 Å². The standard InChI is InChI=1S/C13H26N2O/c1-10-6-12(14-9-13(3,4)5)8-15(7-10)11(2)16/h10,12,14H,6-9H2,1-5H3. The molecule has 1 saturated heterocycles. The van der Waals surface area contributed by atoms with E-state index in [1.807, 2.05) is 4.90 Å². The summed E-state index contributed by atoms with van der Waals surface area (Å²) in [7, 11) is 0. The first-order valence-electron chi connectivity index (χ1n) is 6.27. The molecule has 1 fully saturated rings. The van der Waals surface area contributed by atoms with Crippen molar-refractivity contribution in [3.05, 3.63) is 0 Å². The molecule has 3 heteroatoms. The highest BCUT2D eigenvalue weighted by Gasteiger charge is 2.26. The Morgan fingerprint density at radius 3 is 2.50 bits per heavy atom. The summed E-state index contributed by atoms with van der Waals surface area (Å²) in [6, 6.07) is 0.465. The van der Waals surface area contributed by atoms with Gasteiger partial charge in [0.05, 0.1) is 0 Å². The number of piperidine rings is 1. The zero-order valence-electron chi connectivity index (χ0n) is 11.3. The third kappa shape index (κ3) is 4.52.